The van der Waals surface area contributed by atoms with Crippen molar-refractivity contribution in [1.29, 1.82) is 0 Å². The van der Waals surface area contributed by atoms with E-state index in [1.165, 1.54) is 0 Å². The molecule has 0 aromatic heterocycles. The predicted octanol–water partition coefficient (Wildman–Crippen LogP) is 1.81. The standard InChI is InChI=1S/C7H14FN/c1-4-9(5-2)6-7(3)8/h3-6H2,1-2H3. The Morgan fingerprint density at radius 3 is 2.00 bits per heavy atom. The average Bonchev–Trinajstić information content (AvgIpc) is 1.82. The van der Waals surface area contributed by atoms with Crippen molar-refractivity contribution in [3.05, 3.63) is 12.4 Å². The maximum absolute atomic E-state index is 12.1. The van der Waals surface area contributed by atoms with Gasteiger partial charge in [0.1, 0.15) is 5.83 Å². The van der Waals surface area contributed by atoms with Crippen LogP contribution in [0, 0.1) is 0 Å². The van der Waals surface area contributed by atoms with Gasteiger partial charge in [0.2, 0.25) is 0 Å². The second-order valence-electron chi connectivity index (χ2n) is 1.98. The van der Waals surface area contributed by atoms with Crippen molar-refractivity contribution in [3.8, 4) is 0 Å². The van der Waals surface area contributed by atoms with Gasteiger partial charge in [0.15, 0.2) is 0 Å². The van der Waals surface area contributed by atoms with E-state index in [0.717, 1.165) is 13.1 Å². The number of likely N-dealkylation sites (N-methyl/N-ethyl adjacent to an activating group) is 1. The van der Waals surface area contributed by atoms with Gasteiger partial charge in [-0.1, -0.05) is 20.4 Å². The molecule has 0 aliphatic carbocycles. The Morgan fingerprint density at radius 2 is 1.89 bits per heavy atom. The van der Waals surface area contributed by atoms with Crippen LogP contribution >= 0.6 is 0 Å². The third kappa shape index (κ3) is 4.15. The smallest absolute Gasteiger partial charge is 0.107 e. The van der Waals surface area contributed by atoms with Crippen LogP contribution in [0.3, 0.4) is 0 Å². The van der Waals surface area contributed by atoms with Crippen molar-refractivity contribution >= 4 is 0 Å². The first-order valence-electron chi connectivity index (χ1n) is 3.26. The van der Waals surface area contributed by atoms with Crippen LogP contribution in [0.4, 0.5) is 4.39 Å². The summed E-state index contributed by atoms with van der Waals surface area (Å²) in [4.78, 5) is 1.97. The van der Waals surface area contributed by atoms with Crippen molar-refractivity contribution in [2.75, 3.05) is 19.6 Å². The summed E-state index contributed by atoms with van der Waals surface area (Å²) in [5.74, 6) is -0.251. The molecular formula is C7H14FN. The Kier molecular flexibility index (Phi) is 4.32. The molecule has 0 rings (SSSR count). The second-order valence-corrected chi connectivity index (χ2v) is 1.98. The molecule has 2 heteroatoms. The fraction of sp³-hybridized carbons (Fsp3) is 0.714. The highest BCUT2D eigenvalue weighted by atomic mass is 19.1. The summed E-state index contributed by atoms with van der Waals surface area (Å²) in [6.45, 7) is 9.35. The van der Waals surface area contributed by atoms with Crippen LogP contribution in [0.5, 0.6) is 0 Å². The lowest BCUT2D eigenvalue weighted by Crippen LogP contribution is -2.23. The van der Waals surface area contributed by atoms with Crippen molar-refractivity contribution in [1.82, 2.24) is 4.90 Å². The van der Waals surface area contributed by atoms with E-state index in [9.17, 15) is 4.39 Å². The summed E-state index contributed by atoms with van der Waals surface area (Å²) in [5, 5.41) is 0. The molecule has 0 aliphatic rings. The Morgan fingerprint density at radius 1 is 1.44 bits per heavy atom. The molecule has 0 aliphatic heterocycles. The minimum absolute atomic E-state index is 0.251. The zero-order valence-corrected chi connectivity index (χ0v) is 6.15. The summed E-state index contributed by atoms with van der Waals surface area (Å²) < 4.78 is 12.1. The molecule has 0 spiro atoms. The SMILES string of the molecule is C=C(F)CN(CC)CC. The quantitative estimate of drug-likeness (QED) is 0.562. The van der Waals surface area contributed by atoms with Crippen molar-refractivity contribution < 1.29 is 4.39 Å². The lowest BCUT2D eigenvalue weighted by Gasteiger charge is -2.15. The molecule has 0 saturated carbocycles. The third-order valence-corrected chi connectivity index (χ3v) is 1.29. The lowest BCUT2D eigenvalue weighted by molar-refractivity contribution is 0.307. The predicted molar refractivity (Wildman–Crippen MR) is 38.0 cm³/mol. The Balaban J connectivity index is 3.43. The number of halogens is 1. The highest BCUT2D eigenvalue weighted by Gasteiger charge is 1.98. The van der Waals surface area contributed by atoms with Gasteiger partial charge in [0, 0.05) is 6.54 Å². The topological polar surface area (TPSA) is 3.24 Å². The second kappa shape index (κ2) is 4.50. The molecular weight excluding hydrogens is 117 g/mol. The molecule has 0 heterocycles. The molecule has 0 amide bonds. The first kappa shape index (κ1) is 8.63. The minimum atomic E-state index is -0.251. The Bertz CT molecular complexity index is 86.9. The van der Waals surface area contributed by atoms with Crippen LogP contribution in [0.15, 0.2) is 12.4 Å². The Labute approximate surface area is 56.2 Å². The van der Waals surface area contributed by atoms with E-state index in [1.54, 1.807) is 0 Å². The van der Waals surface area contributed by atoms with Gasteiger partial charge in [-0.3, -0.25) is 4.90 Å². The summed E-state index contributed by atoms with van der Waals surface area (Å²) in [7, 11) is 0. The summed E-state index contributed by atoms with van der Waals surface area (Å²) in [6, 6.07) is 0. The van der Waals surface area contributed by atoms with Crippen LogP contribution in [0.25, 0.3) is 0 Å². The van der Waals surface area contributed by atoms with Crippen molar-refractivity contribution in [2.24, 2.45) is 0 Å². The van der Waals surface area contributed by atoms with Gasteiger partial charge in [-0.05, 0) is 13.1 Å². The fourth-order valence-corrected chi connectivity index (χ4v) is 0.690. The maximum atomic E-state index is 12.1. The zero-order valence-electron chi connectivity index (χ0n) is 6.15. The molecule has 0 bridgehead atoms. The fourth-order valence-electron chi connectivity index (χ4n) is 0.690. The highest BCUT2D eigenvalue weighted by molar-refractivity contribution is 4.83. The van der Waals surface area contributed by atoms with Crippen LogP contribution in [-0.4, -0.2) is 24.5 Å². The van der Waals surface area contributed by atoms with E-state index in [-0.39, 0.29) is 5.83 Å². The normalized spacial score (nSPS) is 10.2. The van der Waals surface area contributed by atoms with Crippen LogP contribution in [0.2, 0.25) is 0 Å². The number of nitrogens with zero attached hydrogens (tertiary/aromatic N) is 1. The molecule has 54 valence electrons. The average molecular weight is 131 g/mol. The van der Waals surface area contributed by atoms with Gasteiger partial charge < -0.3 is 0 Å². The van der Waals surface area contributed by atoms with Crippen LogP contribution in [-0.2, 0) is 0 Å². The van der Waals surface area contributed by atoms with Gasteiger partial charge in [0.05, 0.1) is 0 Å². The monoisotopic (exact) mass is 131 g/mol. The van der Waals surface area contributed by atoms with E-state index >= 15 is 0 Å². The number of rotatable bonds is 4. The minimum Gasteiger partial charge on any atom is -0.297 e. The van der Waals surface area contributed by atoms with E-state index in [4.69, 9.17) is 0 Å². The first-order valence-corrected chi connectivity index (χ1v) is 3.26. The molecule has 0 atom stereocenters. The van der Waals surface area contributed by atoms with Crippen LogP contribution in [0.1, 0.15) is 13.8 Å². The van der Waals surface area contributed by atoms with Gasteiger partial charge in [-0.15, -0.1) is 0 Å². The first-order chi connectivity index (χ1) is 4.20. The van der Waals surface area contributed by atoms with Gasteiger partial charge in [-0.2, -0.15) is 0 Å². The van der Waals surface area contributed by atoms with Gasteiger partial charge in [0.25, 0.3) is 0 Å². The van der Waals surface area contributed by atoms with Crippen LogP contribution < -0.4 is 0 Å². The molecule has 0 N–H and O–H groups in total. The molecule has 1 nitrogen and oxygen atoms in total. The third-order valence-electron chi connectivity index (χ3n) is 1.29. The lowest BCUT2D eigenvalue weighted by atomic mass is 10.4. The van der Waals surface area contributed by atoms with E-state index < -0.39 is 0 Å². The molecule has 0 unspecified atom stereocenters. The maximum Gasteiger partial charge on any atom is 0.107 e. The highest BCUT2D eigenvalue weighted by Crippen LogP contribution is 1.95. The molecule has 0 aromatic carbocycles. The van der Waals surface area contributed by atoms with Crippen molar-refractivity contribution in [3.63, 3.8) is 0 Å². The summed E-state index contributed by atoms with van der Waals surface area (Å²) >= 11 is 0. The largest absolute Gasteiger partial charge is 0.297 e. The van der Waals surface area contributed by atoms with Crippen molar-refractivity contribution in [2.45, 2.75) is 13.8 Å². The van der Waals surface area contributed by atoms with E-state index in [0.29, 0.717) is 6.54 Å². The van der Waals surface area contributed by atoms with Gasteiger partial charge >= 0.3 is 0 Å². The molecule has 9 heavy (non-hydrogen) atoms. The molecule has 0 fully saturated rings. The number of hydrogen-bond acceptors (Lipinski definition) is 1. The Hall–Kier alpha value is -0.370. The van der Waals surface area contributed by atoms with Gasteiger partial charge in [-0.25, -0.2) is 4.39 Å². The summed E-state index contributed by atoms with van der Waals surface area (Å²) in [6.07, 6.45) is 0. The van der Waals surface area contributed by atoms with E-state index in [2.05, 4.69) is 6.58 Å². The van der Waals surface area contributed by atoms with E-state index in [1.807, 2.05) is 18.7 Å². The molecule has 0 radical (unpaired) electrons. The summed E-state index contributed by atoms with van der Waals surface area (Å²) in [5.41, 5.74) is 0. The molecule has 0 saturated heterocycles. The zero-order chi connectivity index (χ0) is 7.28. The molecule has 0 aromatic rings. The number of hydrogen-bond donors (Lipinski definition) is 0.